The highest BCUT2D eigenvalue weighted by molar-refractivity contribution is 5.75. The van der Waals surface area contributed by atoms with Crippen LogP contribution in [0.3, 0.4) is 0 Å². The van der Waals surface area contributed by atoms with E-state index in [9.17, 15) is 4.79 Å². The first-order chi connectivity index (χ1) is 7.63. The lowest BCUT2D eigenvalue weighted by Gasteiger charge is -2.04. The van der Waals surface area contributed by atoms with Crippen molar-refractivity contribution in [2.24, 2.45) is 0 Å². The second-order valence-electron chi connectivity index (χ2n) is 3.87. The van der Waals surface area contributed by atoms with Crippen molar-refractivity contribution < 1.29 is 9.53 Å². The molecule has 1 aromatic heterocycles. The molecular formula is C11H19N3O2. The number of aromatic nitrogens is 2. The van der Waals surface area contributed by atoms with Gasteiger partial charge in [0.05, 0.1) is 19.0 Å². The fraction of sp³-hybridized carbons (Fsp3) is 0.636. The van der Waals surface area contributed by atoms with Gasteiger partial charge in [0.1, 0.15) is 0 Å². The average molecular weight is 225 g/mol. The molecule has 1 rings (SSSR count). The lowest BCUT2D eigenvalue weighted by atomic mass is 10.3. The molecule has 0 aliphatic carbocycles. The third kappa shape index (κ3) is 3.92. The summed E-state index contributed by atoms with van der Waals surface area (Å²) in [7, 11) is 1.63. The molecule has 0 aliphatic rings. The molecule has 0 atom stereocenters. The van der Waals surface area contributed by atoms with Crippen molar-refractivity contribution in [3.8, 4) is 5.75 Å². The molecule has 1 N–H and O–H groups in total. The van der Waals surface area contributed by atoms with Crippen LogP contribution in [0, 0.1) is 0 Å². The van der Waals surface area contributed by atoms with Crippen LogP contribution in [-0.2, 0) is 4.79 Å². The second-order valence-corrected chi connectivity index (χ2v) is 3.87. The predicted molar refractivity (Wildman–Crippen MR) is 61.4 cm³/mol. The van der Waals surface area contributed by atoms with Crippen LogP contribution in [0.5, 0.6) is 5.75 Å². The highest BCUT2D eigenvalue weighted by Gasteiger charge is 2.03. The Bertz CT molecular complexity index is 334. The number of carbonyl (C=O) groups is 1. The SMILES string of the molecule is CNC(=O)CCCOc1cnn(C(C)C)c1. The summed E-state index contributed by atoms with van der Waals surface area (Å²) in [4.78, 5) is 10.9. The fourth-order valence-corrected chi connectivity index (χ4v) is 1.23. The van der Waals surface area contributed by atoms with Crippen LogP contribution in [0.25, 0.3) is 0 Å². The molecule has 0 radical (unpaired) electrons. The Hall–Kier alpha value is -1.52. The maximum atomic E-state index is 10.9. The summed E-state index contributed by atoms with van der Waals surface area (Å²) >= 11 is 0. The fourth-order valence-electron chi connectivity index (χ4n) is 1.23. The van der Waals surface area contributed by atoms with Crippen LogP contribution >= 0.6 is 0 Å². The number of hydrogen-bond donors (Lipinski definition) is 1. The molecule has 0 saturated carbocycles. The Labute approximate surface area is 95.8 Å². The van der Waals surface area contributed by atoms with E-state index in [2.05, 4.69) is 24.3 Å². The smallest absolute Gasteiger partial charge is 0.219 e. The number of nitrogens with zero attached hydrogens (tertiary/aromatic N) is 2. The Balaban J connectivity index is 2.24. The third-order valence-corrected chi connectivity index (χ3v) is 2.20. The van der Waals surface area contributed by atoms with Crippen molar-refractivity contribution in [1.29, 1.82) is 0 Å². The van der Waals surface area contributed by atoms with Crippen LogP contribution in [0.1, 0.15) is 32.7 Å². The Morgan fingerprint density at radius 1 is 1.62 bits per heavy atom. The van der Waals surface area contributed by atoms with E-state index in [0.717, 1.165) is 5.75 Å². The van der Waals surface area contributed by atoms with Gasteiger partial charge in [0, 0.05) is 19.5 Å². The summed E-state index contributed by atoms with van der Waals surface area (Å²) in [5.74, 6) is 0.798. The monoisotopic (exact) mass is 225 g/mol. The summed E-state index contributed by atoms with van der Waals surface area (Å²) < 4.78 is 7.31. The minimum Gasteiger partial charge on any atom is -0.490 e. The summed E-state index contributed by atoms with van der Waals surface area (Å²) in [6, 6.07) is 0.336. The van der Waals surface area contributed by atoms with Gasteiger partial charge in [0.15, 0.2) is 5.75 Å². The van der Waals surface area contributed by atoms with Gasteiger partial charge in [-0.15, -0.1) is 0 Å². The highest BCUT2D eigenvalue weighted by atomic mass is 16.5. The lowest BCUT2D eigenvalue weighted by molar-refractivity contribution is -0.120. The van der Waals surface area contributed by atoms with E-state index < -0.39 is 0 Å². The summed E-state index contributed by atoms with van der Waals surface area (Å²) in [5.41, 5.74) is 0. The normalized spacial score (nSPS) is 10.5. The molecule has 0 fully saturated rings. The van der Waals surface area contributed by atoms with Gasteiger partial charge in [-0.25, -0.2) is 0 Å². The number of amides is 1. The third-order valence-electron chi connectivity index (χ3n) is 2.20. The van der Waals surface area contributed by atoms with Crippen molar-refractivity contribution in [3.63, 3.8) is 0 Å². The summed E-state index contributed by atoms with van der Waals surface area (Å²) in [5, 5.41) is 6.73. The number of carbonyl (C=O) groups excluding carboxylic acids is 1. The van der Waals surface area contributed by atoms with Gasteiger partial charge in [-0.05, 0) is 20.3 Å². The van der Waals surface area contributed by atoms with Crippen molar-refractivity contribution >= 4 is 5.91 Å². The van der Waals surface area contributed by atoms with Gasteiger partial charge in [-0.3, -0.25) is 9.48 Å². The maximum Gasteiger partial charge on any atom is 0.219 e. The van der Waals surface area contributed by atoms with Gasteiger partial charge in [-0.1, -0.05) is 0 Å². The zero-order chi connectivity index (χ0) is 12.0. The van der Waals surface area contributed by atoms with Crippen LogP contribution in [-0.4, -0.2) is 29.3 Å². The average Bonchev–Trinajstić information content (AvgIpc) is 2.72. The first-order valence-electron chi connectivity index (χ1n) is 5.51. The minimum absolute atomic E-state index is 0.0430. The maximum absolute atomic E-state index is 10.9. The molecule has 0 aliphatic heterocycles. The first kappa shape index (κ1) is 12.5. The molecule has 0 spiro atoms. The van der Waals surface area contributed by atoms with E-state index in [1.165, 1.54) is 0 Å². The summed E-state index contributed by atoms with van der Waals surface area (Å²) in [6.07, 6.45) is 4.77. The van der Waals surface area contributed by atoms with Crippen molar-refractivity contribution in [1.82, 2.24) is 15.1 Å². The molecule has 90 valence electrons. The second kappa shape index (κ2) is 6.15. The topological polar surface area (TPSA) is 56.1 Å². The number of rotatable bonds is 6. The van der Waals surface area contributed by atoms with E-state index in [-0.39, 0.29) is 5.91 Å². The van der Waals surface area contributed by atoms with E-state index in [4.69, 9.17) is 4.74 Å². The number of nitrogens with one attached hydrogen (secondary N) is 1. The predicted octanol–water partition coefficient (Wildman–Crippen LogP) is 1.37. The Morgan fingerprint density at radius 3 is 2.94 bits per heavy atom. The van der Waals surface area contributed by atoms with Crippen LogP contribution in [0.2, 0.25) is 0 Å². The molecule has 0 unspecified atom stereocenters. The van der Waals surface area contributed by atoms with Crippen LogP contribution < -0.4 is 10.1 Å². The first-order valence-corrected chi connectivity index (χ1v) is 5.51. The molecule has 1 aromatic rings. The van der Waals surface area contributed by atoms with Crippen molar-refractivity contribution in [2.75, 3.05) is 13.7 Å². The van der Waals surface area contributed by atoms with Crippen LogP contribution in [0.4, 0.5) is 0 Å². The van der Waals surface area contributed by atoms with Crippen molar-refractivity contribution in [3.05, 3.63) is 12.4 Å². The molecule has 0 aromatic carbocycles. The van der Waals surface area contributed by atoms with Crippen LogP contribution in [0.15, 0.2) is 12.4 Å². The quantitative estimate of drug-likeness (QED) is 0.744. The minimum atomic E-state index is 0.0430. The Kier molecular flexibility index (Phi) is 4.82. The van der Waals surface area contributed by atoms with E-state index in [0.29, 0.717) is 25.5 Å². The molecule has 16 heavy (non-hydrogen) atoms. The van der Waals surface area contributed by atoms with E-state index in [1.54, 1.807) is 13.2 Å². The molecular weight excluding hydrogens is 206 g/mol. The molecule has 5 heteroatoms. The largest absolute Gasteiger partial charge is 0.490 e. The molecule has 1 heterocycles. The Morgan fingerprint density at radius 2 is 2.38 bits per heavy atom. The number of ether oxygens (including phenoxy) is 1. The number of hydrogen-bond acceptors (Lipinski definition) is 3. The standard InChI is InChI=1S/C11H19N3O2/c1-9(2)14-8-10(7-13-14)16-6-4-5-11(15)12-3/h7-9H,4-6H2,1-3H3,(H,12,15). The van der Waals surface area contributed by atoms with Crippen molar-refractivity contribution in [2.45, 2.75) is 32.7 Å². The van der Waals surface area contributed by atoms with Gasteiger partial charge < -0.3 is 10.1 Å². The van der Waals surface area contributed by atoms with Gasteiger partial charge in [0.25, 0.3) is 0 Å². The van der Waals surface area contributed by atoms with Gasteiger partial charge in [0.2, 0.25) is 5.91 Å². The van der Waals surface area contributed by atoms with E-state index >= 15 is 0 Å². The van der Waals surface area contributed by atoms with E-state index in [1.807, 2.05) is 10.9 Å². The molecule has 0 saturated heterocycles. The summed E-state index contributed by atoms with van der Waals surface area (Å²) in [6.45, 7) is 4.65. The highest BCUT2D eigenvalue weighted by Crippen LogP contribution is 2.12. The zero-order valence-electron chi connectivity index (χ0n) is 10.1. The van der Waals surface area contributed by atoms with Gasteiger partial charge in [-0.2, -0.15) is 5.10 Å². The van der Waals surface area contributed by atoms with Gasteiger partial charge >= 0.3 is 0 Å². The zero-order valence-corrected chi connectivity index (χ0v) is 10.1. The molecule has 0 bridgehead atoms. The molecule has 5 nitrogen and oxygen atoms in total. The lowest BCUT2D eigenvalue weighted by Crippen LogP contribution is -2.18. The molecule has 1 amide bonds.